The fraction of sp³-hybridized carbons (Fsp3) is 0.600. The van der Waals surface area contributed by atoms with Gasteiger partial charge in [0.2, 0.25) is 0 Å². The summed E-state index contributed by atoms with van der Waals surface area (Å²) in [7, 11) is 0. The van der Waals surface area contributed by atoms with Crippen LogP contribution in [0.5, 0.6) is 0 Å². The Morgan fingerprint density at radius 2 is 1.94 bits per heavy atom. The fourth-order valence-electron chi connectivity index (χ4n) is 1.71. The molecule has 6 heteroatoms. The second-order valence-electron chi connectivity index (χ2n) is 3.71. The van der Waals surface area contributed by atoms with Crippen LogP contribution in [0.25, 0.3) is 0 Å². The molecule has 1 aromatic rings. The smallest absolute Gasteiger partial charge is 0.129 e. The molecule has 0 atom stereocenters. The van der Waals surface area contributed by atoms with E-state index in [0.717, 1.165) is 24.6 Å². The van der Waals surface area contributed by atoms with Gasteiger partial charge in [0.15, 0.2) is 0 Å². The third-order valence-electron chi connectivity index (χ3n) is 2.49. The summed E-state index contributed by atoms with van der Waals surface area (Å²) in [6, 6.07) is 2.55. The van der Waals surface area contributed by atoms with Crippen molar-refractivity contribution in [3.05, 3.63) is 18.1 Å². The predicted octanol–water partition coefficient (Wildman–Crippen LogP) is 1.79. The van der Waals surface area contributed by atoms with Gasteiger partial charge in [0.05, 0.1) is 0 Å². The molecule has 0 spiro atoms. The van der Waals surface area contributed by atoms with E-state index in [1.54, 1.807) is 6.33 Å². The van der Waals surface area contributed by atoms with Crippen LogP contribution < -0.4 is 10.6 Å². The molecule has 0 radical (unpaired) electrons. The van der Waals surface area contributed by atoms with E-state index < -0.39 is 0 Å². The van der Waals surface area contributed by atoms with Crippen molar-refractivity contribution in [2.45, 2.75) is 25.8 Å². The normalized spacial score (nSPS) is 15.8. The van der Waals surface area contributed by atoms with E-state index in [-0.39, 0.29) is 24.8 Å². The first-order valence-corrected chi connectivity index (χ1v) is 5.10. The number of aromatic nitrogens is 2. The monoisotopic (exact) mass is 264 g/mol. The summed E-state index contributed by atoms with van der Waals surface area (Å²) in [5.74, 6) is 0.949. The molecule has 0 aliphatic carbocycles. The van der Waals surface area contributed by atoms with Crippen LogP contribution in [0.4, 0.5) is 5.82 Å². The van der Waals surface area contributed by atoms with E-state index in [1.165, 1.54) is 12.8 Å². The number of nitrogens with one attached hydrogen (secondary N) is 2. The zero-order valence-corrected chi connectivity index (χ0v) is 10.9. The Morgan fingerprint density at radius 3 is 2.56 bits per heavy atom. The van der Waals surface area contributed by atoms with Gasteiger partial charge in [-0.3, -0.25) is 0 Å². The minimum absolute atomic E-state index is 0. The van der Waals surface area contributed by atoms with Crippen molar-refractivity contribution in [1.82, 2.24) is 15.3 Å². The lowest BCUT2D eigenvalue weighted by atomic mass is 10.1. The zero-order chi connectivity index (χ0) is 9.80. The van der Waals surface area contributed by atoms with Gasteiger partial charge in [-0.15, -0.1) is 24.8 Å². The average molecular weight is 265 g/mol. The number of piperidine rings is 1. The molecule has 1 aliphatic rings. The van der Waals surface area contributed by atoms with Gasteiger partial charge in [-0.1, -0.05) is 0 Å². The van der Waals surface area contributed by atoms with Crippen LogP contribution in [0.15, 0.2) is 12.4 Å². The molecule has 16 heavy (non-hydrogen) atoms. The van der Waals surface area contributed by atoms with Crippen molar-refractivity contribution in [2.24, 2.45) is 0 Å². The van der Waals surface area contributed by atoms with Gasteiger partial charge in [0.25, 0.3) is 0 Å². The summed E-state index contributed by atoms with van der Waals surface area (Å²) in [5, 5.41) is 6.77. The van der Waals surface area contributed by atoms with E-state index in [0.29, 0.717) is 6.04 Å². The molecule has 2 rings (SSSR count). The van der Waals surface area contributed by atoms with Crippen LogP contribution in [0.2, 0.25) is 0 Å². The molecule has 0 unspecified atom stereocenters. The Hall–Kier alpha value is -0.580. The molecule has 92 valence electrons. The Bertz CT molecular complexity index is 303. The maximum absolute atomic E-state index is 4.19. The highest BCUT2D eigenvalue weighted by Crippen LogP contribution is 2.10. The van der Waals surface area contributed by atoms with Crippen LogP contribution >= 0.6 is 24.8 Å². The number of nitrogens with zero attached hydrogens (tertiary/aromatic N) is 2. The van der Waals surface area contributed by atoms with E-state index in [2.05, 4.69) is 20.6 Å². The largest absolute Gasteiger partial charge is 0.367 e. The maximum Gasteiger partial charge on any atom is 0.129 e. The van der Waals surface area contributed by atoms with Gasteiger partial charge in [0, 0.05) is 17.8 Å². The van der Waals surface area contributed by atoms with Crippen molar-refractivity contribution in [1.29, 1.82) is 0 Å². The second-order valence-corrected chi connectivity index (χ2v) is 3.71. The summed E-state index contributed by atoms with van der Waals surface area (Å²) in [5.41, 5.74) is 1.01. The van der Waals surface area contributed by atoms with E-state index >= 15 is 0 Å². The lowest BCUT2D eigenvalue weighted by molar-refractivity contribution is 0.478. The maximum atomic E-state index is 4.19. The Kier molecular flexibility index (Phi) is 7.38. The lowest BCUT2D eigenvalue weighted by Gasteiger charge is -2.24. The van der Waals surface area contributed by atoms with Gasteiger partial charge < -0.3 is 10.6 Å². The van der Waals surface area contributed by atoms with E-state index in [9.17, 15) is 0 Å². The minimum Gasteiger partial charge on any atom is -0.367 e. The first kappa shape index (κ1) is 15.4. The van der Waals surface area contributed by atoms with Gasteiger partial charge in [-0.05, 0) is 32.9 Å². The highest BCUT2D eigenvalue weighted by atomic mass is 35.5. The molecule has 2 N–H and O–H groups in total. The molecular weight excluding hydrogens is 247 g/mol. The molecule has 1 aromatic heterocycles. The molecular formula is C10H18Cl2N4. The van der Waals surface area contributed by atoms with Crippen LogP contribution in [0.1, 0.15) is 18.5 Å². The summed E-state index contributed by atoms with van der Waals surface area (Å²) in [6.45, 7) is 4.18. The van der Waals surface area contributed by atoms with Crippen molar-refractivity contribution < 1.29 is 0 Å². The quantitative estimate of drug-likeness (QED) is 0.856. The number of hydrogen-bond acceptors (Lipinski definition) is 4. The van der Waals surface area contributed by atoms with Gasteiger partial charge in [-0.25, -0.2) is 9.97 Å². The molecule has 0 saturated carbocycles. The third-order valence-corrected chi connectivity index (χ3v) is 2.49. The molecule has 0 aromatic carbocycles. The molecule has 0 bridgehead atoms. The highest BCUT2D eigenvalue weighted by Gasteiger charge is 2.12. The Labute approximate surface area is 108 Å². The first-order chi connectivity index (χ1) is 6.84. The standard InChI is InChI=1S/C10H16N4.2ClH/c1-8-6-10(13-7-12-8)14-9-2-4-11-5-3-9;;/h6-7,9,11H,2-5H2,1H3,(H,12,13,14);2*1H. The Balaban J connectivity index is 0.00000112. The number of halogens is 2. The van der Waals surface area contributed by atoms with Gasteiger partial charge >= 0.3 is 0 Å². The van der Waals surface area contributed by atoms with Gasteiger partial charge in [0.1, 0.15) is 12.1 Å². The van der Waals surface area contributed by atoms with Crippen LogP contribution in [0, 0.1) is 6.92 Å². The van der Waals surface area contributed by atoms with Crippen molar-refractivity contribution in [3.8, 4) is 0 Å². The Morgan fingerprint density at radius 1 is 1.25 bits per heavy atom. The summed E-state index contributed by atoms with van der Waals surface area (Å²) in [4.78, 5) is 8.26. The average Bonchev–Trinajstić information content (AvgIpc) is 2.19. The van der Waals surface area contributed by atoms with Gasteiger partial charge in [-0.2, -0.15) is 0 Å². The molecule has 2 heterocycles. The minimum atomic E-state index is 0. The highest BCUT2D eigenvalue weighted by molar-refractivity contribution is 5.85. The molecule has 0 amide bonds. The lowest BCUT2D eigenvalue weighted by Crippen LogP contribution is -2.35. The summed E-state index contributed by atoms with van der Waals surface area (Å²) in [6.07, 6.45) is 3.95. The number of rotatable bonds is 2. The van der Waals surface area contributed by atoms with E-state index in [4.69, 9.17) is 0 Å². The second kappa shape index (κ2) is 7.65. The fourth-order valence-corrected chi connectivity index (χ4v) is 1.71. The molecule has 1 aliphatic heterocycles. The zero-order valence-electron chi connectivity index (χ0n) is 9.27. The number of hydrogen-bond donors (Lipinski definition) is 2. The van der Waals surface area contributed by atoms with Crippen LogP contribution in [0.3, 0.4) is 0 Å². The topological polar surface area (TPSA) is 49.8 Å². The number of anilines is 1. The summed E-state index contributed by atoms with van der Waals surface area (Å²) < 4.78 is 0. The molecule has 4 nitrogen and oxygen atoms in total. The molecule has 1 saturated heterocycles. The van der Waals surface area contributed by atoms with Crippen LogP contribution in [-0.2, 0) is 0 Å². The third kappa shape index (κ3) is 4.51. The van der Waals surface area contributed by atoms with Crippen molar-refractivity contribution >= 4 is 30.6 Å². The number of aryl methyl sites for hydroxylation is 1. The van der Waals surface area contributed by atoms with Crippen molar-refractivity contribution in [3.63, 3.8) is 0 Å². The van der Waals surface area contributed by atoms with E-state index in [1.807, 2.05) is 13.0 Å². The predicted molar refractivity (Wildman–Crippen MR) is 70.8 cm³/mol. The van der Waals surface area contributed by atoms with Crippen LogP contribution in [-0.4, -0.2) is 29.1 Å². The summed E-state index contributed by atoms with van der Waals surface area (Å²) >= 11 is 0. The first-order valence-electron chi connectivity index (χ1n) is 5.10. The molecule has 1 fully saturated rings. The SMILES string of the molecule is Cc1cc(NC2CCNCC2)ncn1.Cl.Cl. The van der Waals surface area contributed by atoms with Crippen molar-refractivity contribution in [2.75, 3.05) is 18.4 Å².